The normalized spacial score (nSPS) is 14.6. The monoisotopic (exact) mass is 293 g/mol. The molecule has 1 aromatic heterocycles. The van der Waals surface area contributed by atoms with E-state index in [0.29, 0.717) is 0 Å². The Kier molecular flexibility index (Phi) is 3.78. The van der Waals surface area contributed by atoms with Gasteiger partial charge in [0.1, 0.15) is 25.1 Å². The minimum Gasteiger partial charge on any atom is -0.372 e. The van der Waals surface area contributed by atoms with Crippen molar-refractivity contribution in [1.82, 2.24) is 15.2 Å². The molecule has 1 aliphatic heterocycles. The van der Waals surface area contributed by atoms with Crippen molar-refractivity contribution < 1.29 is 19.3 Å². The molecule has 21 heavy (non-hydrogen) atoms. The molecule has 0 atom stereocenters. The first kappa shape index (κ1) is 14.4. The largest absolute Gasteiger partial charge is 0.372 e. The van der Waals surface area contributed by atoms with E-state index in [0.717, 1.165) is 17.2 Å². The van der Waals surface area contributed by atoms with Gasteiger partial charge in [-0.15, -0.1) is 0 Å². The second-order valence-corrected chi connectivity index (χ2v) is 4.23. The van der Waals surface area contributed by atoms with Gasteiger partial charge in [-0.05, 0) is 0 Å². The molecule has 0 aliphatic carbocycles. The lowest BCUT2D eigenvalue weighted by atomic mass is 10.2. The summed E-state index contributed by atoms with van der Waals surface area (Å²) in [6, 6.07) is 1.05. The van der Waals surface area contributed by atoms with Crippen LogP contribution >= 0.6 is 0 Å². The minimum atomic E-state index is -0.683. The van der Waals surface area contributed by atoms with Crippen LogP contribution in [0.2, 0.25) is 0 Å². The topological polar surface area (TPSA) is 135 Å². The summed E-state index contributed by atoms with van der Waals surface area (Å²) < 4.78 is 0. The molecule has 1 aliphatic rings. The second kappa shape index (κ2) is 5.53. The van der Waals surface area contributed by atoms with E-state index in [1.807, 2.05) is 0 Å². The first-order valence-electron chi connectivity index (χ1n) is 5.86. The highest BCUT2D eigenvalue weighted by Crippen LogP contribution is 2.20. The number of nitro groups is 1. The Labute approximate surface area is 118 Å². The Morgan fingerprint density at radius 1 is 1.43 bits per heavy atom. The molecule has 0 aromatic carbocycles. The number of nitrogens with zero attached hydrogens (tertiary/aromatic N) is 3. The van der Waals surface area contributed by atoms with Gasteiger partial charge in [0.25, 0.3) is 11.6 Å². The molecule has 0 unspecified atom stereocenters. The van der Waals surface area contributed by atoms with Crippen LogP contribution in [-0.2, 0) is 9.59 Å². The van der Waals surface area contributed by atoms with Crippen molar-refractivity contribution in [1.29, 1.82) is 0 Å². The van der Waals surface area contributed by atoms with E-state index in [1.165, 1.54) is 7.05 Å². The molecule has 10 heteroatoms. The summed E-state index contributed by atoms with van der Waals surface area (Å²) in [6.07, 6.45) is 1.01. The fourth-order valence-corrected chi connectivity index (χ4v) is 1.87. The average molecular weight is 293 g/mol. The molecule has 0 bridgehead atoms. The van der Waals surface area contributed by atoms with Crippen LogP contribution in [0.5, 0.6) is 0 Å². The lowest BCUT2D eigenvalue weighted by Gasteiger charge is -2.25. The van der Waals surface area contributed by atoms with Gasteiger partial charge in [0.2, 0.25) is 11.8 Å². The summed E-state index contributed by atoms with van der Waals surface area (Å²) in [7, 11) is 1.50. The first-order valence-corrected chi connectivity index (χ1v) is 5.86. The van der Waals surface area contributed by atoms with Crippen molar-refractivity contribution in [3.05, 3.63) is 27.9 Å². The maximum absolute atomic E-state index is 12.3. The fourth-order valence-electron chi connectivity index (χ4n) is 1.87. The maximum Gasteiger partial charge on any atom is 0.288 e. The molecule has 2 N–H and O–H groups in total. The first-order chi connectivity index (χ1) is 9.92. The quantitative estimate of drug-likeness (QED) is 0.420. The van der Waals surface area contributed by atoms with E-state index >= 15 is 0 Å². The van der Waals surface area contributed by atoms with Crippen molar-refractivity contribution in [2.24, 2.45) is 0 Å². The van der Waals surface area contributed by atoms with E-state index in [2.05, 4.69) is 15.6 Å². The number of aromatic nitrogens is 1. The molecule has 1 fully saturated rings. The van der Waals surface area contributed by atoms with E-state index in [-0.39, 0.29) is 30.2 Å². The summed E-state index contributed by atoms with van der Waals surface area (Å²) in [6.45, 7) is -0.590. The van der Waals surface area contributed by atoms with Gasteiger partial charge in [-0.3, -0.25) is 29.8 Å². The highest BCUT2D eigenvalue weighted by Gasteiger charge is 2.29. The number of anilines is 1. The highest BCUT2D eigenvalue weighted by atomic mass is 16.6. The molecule has 2 heterocycles. The van der Waals surface area contributed by atoms with E-state index in [4.69, 9.17) is 0 Å². The Hall–Kier alpha value is -3.04. The zero-order valence-corrected chi connectivity index (χ0v) is 11.0. The summed E-state index contributed by atoms with van der Waals surface area (Å²) in [5, 5.41) is 15.5. The molecule has 110 valence electrons. The van der Waals surface area contributed by atoms with Crippen molar-refractivity contribution in [3.63, 3.8) is 0 Å². The van der Waals surface area contributed by atoms with Crippen LogP contribution in [0, 0.1) is 10.1 Å². The summed E-state index contributed by atoms with van der Waals surface area (Å²) >= 11 is 0. The molecule has 2 rings (SSSR count). The number of pyridine rings is 1. The molecule has 1 aromatic rings. The zero-order chi connectivity index (χ0) is 15.6. The van der Waals surface area contributed by atoms with Crippen LogP contribution in [0.4, 0.5) is 11.5 Å². The van der Waals surface area contributed by atoms with Gasteiger partial charge < -0.3 is 10.2 Å². The standard InChI is InChI=1S/C11H11N5O5/c1-12-10-7(2-6(3-13-10)16(20)21)11(19)15-4-8(17)14-9(18)5-15/h2-3H,4-5H2,1H3,(H,12,13)(H,14,17,18). The Morgan fingerprint density at radius 2 is 2.05 bits per heavy atom. The second-order valence-electron chi connectivity index (χ2n) is 4.23. The summed E-state index contributed by atoms with van der Waals surface area (Å²) in [4.78, 5) is 49.8. The summed E-state index contributed by atoms with van der Waals surface area (Å²) in [5.41, 5.74) is -0.431. The third-order valence-corrected chi connectivity index (χ3v) is 2.79. The number of imide groups is 1. The number of amides is 3. The van der Waals surface area contributed by atoms with Gasteiger partial charge in [-0.25, -0.2) is 4.98 Å². The van der Waals surface area contributed by atoms with Gasteiger partial charge in [-0.1, -0.05) is 0 Å². The molecular formula is C11H11N5O5. The SMILES string of the molecule is CNc1ncc([N+](=O)[O-])cc1C(=O)N1CC(=O)NC(=O)C1. The number of rotatable bonds is 3. The van der Waals surface area contributed by atoms with Crippen LogP contribution in [-0.4, -0.2) is 52.7 Å². The minimum absolute atomic E-state index is 0.0748. The highest BCUT2D eigenvalue weighted by molar-refractivity contribution is 6.07. The van der Waals surface area contributed by atoms with E-state index < -0.39 is 22.6 Å². The third-order valence-electron chi connectivity index (χ3n) is 2.79. The van der Waals surface area contributed by atoms with E-state index in [1.54, 1.807) is 0 Å². The van der Waals surface area contributed by atoms with Crippen LogP contribution < -0.4 is 10.6 Å². The number of hydrogen-bond acceptors (Lipinski definition) is 7. The zero-order valence-electron chi connectivity index (χ0n) is 11.0. The molecule has 0 radical (unpaired) electrons. The van der Waals surface area contributed by atoms with Crippen molar-refractivity contribution in [2.45, 2.75) is 0 Å². The summed E-state index contributed by atoms with van der Waals surface area (Å²) in [5.74, 6) is -1.77. The predicted octanol–water partition coefficient (Wildman–Crippen LogP) is -0.870. The third kappa shape index (κ3) is 2.94. The van der Waals surface area contributed by atoms with Crippen LogP contribution in [0.3, 0.4) is 0 Å². The molecule has 3 amide bonds. The predicted molar refractivity (Wildman–Crippen MR) is 69.5 cm³/mol. The van der Waals surface area contributed by atoms with Gasteiger partial charge >= 0.3 is 0 Å². The number of piperazine rings is 1. The number of carbonyl (C=O) groups excluding carboxylic acids is 3. The molecular weight excluding hydrogens is 282 g/mol. The number of hydrogen-bond donors (Lipinski definition) is 2. The van der Waals surface area contributed by atoms with E-state index in [9.17, 15) is 24.5 Å². The molecule has 0 spiro atoms. The Morgan fingerprint density at radius 3 is 2.57 bits per heavy atom. The van der Waals surface area contributed by atoms with Crippen molar-refractivity contribution in [3.8, 4) is 0 Å². The average Bonchev–Trinajstić information content (AvgIpc) is 2.44. The smallest absolute Gasteiger partial charge is 0.288 e. The maximum atomic E-state index is 12.3. The van der Waals surface area contributed by atoms with Gasteiger partial charge in [0, 0.05) is 13.1 Å². The Balaban J connectivity index is 2.37. The molecule has 0 saturated carbocycles. The Bertz CT molecular complexity index is 628. The van der Waals surface area contributed by atoms with Crippen LogP contribution in [0.25, 0.3) is 0 Å². The van der Waals surface area contributed by atoms with Crippen LogP contribution in [0.15, 0.2) is 12.3 Å². The lowest BCUT2D eigenvalue weighted by molar-refractivity contribution is -0.385. The number of carbonyl (C=O) groups is 3. The van der Waals surface area contributed by atoms with Gasteiger partial charge in [0.05, 0.1) is 10.5 Å². The van der Waals surface area contributed by atoms with Crippen LogP contribution in [0.1, 0.15) is 10.4 Å². The molecule has 10 nitrogen and oxygen atoms in total. The van der Waals surface area contributed by atoms with Crippen molar-refractivity contribution in [2.75, 3.05) is 25.5 Å². The lowest BCUT2D eigenvalue weighted by Crippen LogP contribution is -2.53. The fraction of sp³-hybridized carbons (Fsp3) is 0.273. The molecule has 1 saturated heterocycles. The number of nitrogens with one attached hydrogen (secondary N) is 2. The van der Waals surface area contributed by atoms with Crippen molar-refractivity contribution >= 4 is 29.2 Å². The van der Waals surface area contributed by atoms with Gasteiger partial charge in [0.15, 0.2) is 0 Å². The van der Waals surface area contributed by atoms with Gasteiger partial charge in [-0.2, -0.15) is 0 Å².